The van der Waals surface area contributed by atoms with Crippen LogP contribution in [0.15, 0.2) is 48.5 Å². The van der Waals surface area contributed by atoms with Gasteiger partial charge in [0.05, 0.1) is 16.7 Å². The number of nitrogens with zero attached hydrogens (tertiary/aromatic N) is 1. The first kappa shape index (κ1) is 18.1. The SMILES string of the molecule is Cc1ccc(C=CC(=O)NC(=S)Nc2ccc([N+](=O)[O-])cc2O)cc1. The van der Waals surface area contributed by atoms with E-state index in [0.29, 0.717) is 0 Å². The first-order chi connectivity index (χ1) is 11.8. The Hall–Kier alpha value is -3.26. The fourth-order valence-corrected chi connectivity index (χ4v) is 2.11. The lowest BCUT2D eigenvalue weighted by Gasteiger charge is -2.09. The van der Waals surface area contributed by atoms with Gasteiger partial charge in [0.1, 0.15) is 5.75 Å². The van der Waals surface area contributed by atoms with Crippen molar-refractivity contribution in [3.05, 3.63) is 69.8 Å². The Morgan fingerprint density at radius 2 is 1.92 bits per heavy atom. The number of aromatic hydroxyl groups is 1. The molecule has 3 N–H and O–H groups in total. The molecule has 2 aromatic rings. The van der Waals surface area contributed by atoms with E-state index >= 15 is 0 Å². The molecule has 0 aliphatic rings. The minimum atomic E-state index is -0.626. The molecule has 0 heterocycles. The van der Waals surface area contributed by atoms with Crippen molar-refractivity contribution in [2.45, 2.75) is 6.92 Å². The quantitative estimate of drug-likeness (QED) is 0.255. The van der Waals surface area contributed by atoms with Gasteiger partial charge in [-0.2, -0.15) is 0 Å². The second-order valence-electron chi connectivity index (χ2n) is 5.15. The van der Waals surface area contributed by atoms with Crippen molar-refractivity contribution in [3.63, 3.8) is 0 Å². The average Bonchev–Trinajstić information content (AvgIpc) is 2.56. The summed E-state index contributed by atoms with van der Waals surface area (Å²) >= 11 is 4.98. The van der Waals surface area contributed by atoms with E-state index in [4.69, 9.17) is 12.2 Å². The van der Waals surface area contributed by atoms with Gasteiger partial charge in [0.25, 0.3) is 5.69 Å². The van der Waals surface area contributed by atoms with Crippen LogP contribution in [0.2, 0.25) is 0 Å². The number of hydrogen-bond acceptors (Lipinski definition) is 5. The first-order valence-corrected chi connectivity index (χ1v) is 7.60. The third kappa shape index (κ3) is 5.40. The van der Waals surface area contributed by atoms with Crippen molar-refractivity contribution >= 4 is 40.7 Å². The van der Waals surface area contributed by atoms with E-state index in [1.807, 2.05) is 31.2 Å². The average molecular weight is 357 g/mol. The summed E-state index contributed by atoms with van der Waals surface area (Å²) in [6.07, 6.45) is 2.97. The van der Waals surface area contributed by atoms with Gasteiger partial charge in [-0.25, -0.2) is 0 Å². The Balaban J connectivity index is 1.94. The number of nitro benzene ring substituents is 1. The molecule has 0 aliphatic heterocycles. The van der Waals surface area contributed by atoms with Crippen LogP contribution >= 0.6 is 12.2 Å². The van der Waals surface area contributed by atoms with Gasteiger partial charge in [0.15, 0.2) is 5.11 Å². The van der Waals surface area contributed by atoms with Crippen LogP contribution in [-0.2, 0) is 4.79 Å². The number of amides is 1. The molecule has 0 fully saturated rings. The van der Waals surface area contributed by atoms with Crippen LogP contribution in [0.25, 0.3) is 6.08 Å². The molecule has 0 bridgehead atoms. The van der Waals surface area contributed by atoms with Crippen LogP contribution in [-0.4, -0.2) is 21.0 Å². The molecule has 2 rings (SSSR count). The number of anilines is 1. The highest BCUT2D eigenvalue weighted by atomic mass is 32.1. The van der Waals surface area contributed by atoms with Gasteiger partial charge in [-0.3, -0.25) is 20.2 Å². The second-order valence-corrected chi connectivity index (χ2v) is 5.55. The van der Waals surface area contributed by atoms with Crippen LogP contribution in [0.3, 0.4) is 0 Å². The molecule has 0 unspecified atom stereocenters. The van der Waals surface area contributed by atoms with E-state index in [9.17, 15) is 20.0 Å². The summed E-state index contributed by atoms with van der Waals surface area (Å²) < 4.78 is 0. The van der Waals surface area contributed by atoms with Crippen molar-refractivity contribution in [3.8, 4) is 5.75 Å². The monoisotopic (exact) mass is 357 g/mol. The van der Waals surface area contributed by atoms with E-state index in [0.717, 1.165) is 17.2 Å². The highest BCUT2D eigenvalue weighted by Crippen LogP contribution is 2.27. The van der Waals surface area contributed by atoms with Gasteiger partial charge in [-0.1, -0.05) is 29.8 Å². The summed E-state index contributed by atoms with van der Waals surface area (Å²) in [6.45, 7) is 1.97. The lowest BCUT2D eigenvalue weighted by molar-refractivity contribution is -0.384. The zero-order valence-electron chi connectivity index (χ0n) is 13.2. The summed E-state index contributed by atoms with van der Waals surface area (Å²) in [5.41, 5.74) is 1.89. The predicted octanol–water partition coefficient (Wildman–Crippen LogP) is 3.14. The molecule has 0 saturated heterocycles. The van der Waals surface area contributed by atoms with E-state index in [-0.39, 0.29) is 22.2 Å². The van der Waals surface area contributed by atoms with Crippen molar-refractivity contribution in [1.82, 2.24) is 5.32 Å². The van der Waals surface area contributed by atoms with E-state index in [2.05, 4.69) is 10.6 Å². The number of non-ortho nitro benzene ring substituents is 1. The van der Waals surface area contributed by atoms with Gasteiger partial charge in [-0.05, 0) is 36.8 Å². The molecule has 0 aromatic heterocycles. The molecular formula is C17H15N3O4S. The number of hydrogen-bond donors (Lipinski definition) is 3. The number of carbonyl (C=O) groups is 1. The number of benzene rings is 2. The van der Waals surface area contributed by atoms with Crippen LogP contribution < -0.4 is 10.6 Å². The lowest BCUT2D eigenvalue weighted by atomic mass is 10.1. The Kier molecular flexibility index (Phi) is 5.80. The molecule has 0 saturated carbocycles. The van der Waals surface area contributed by atoms with E-state index in [1.54, 1.807) is 6.08 Å². The van der Waals surface area contributed by atoms with Gasteiger partial charge in [-0.15, -0.1) is 0 Å². The maximum absolute atomic E-state index is 11.8. The largest absolute Gasteiger partial charge is 0.506 e. The van der Waals surface area contributed by atoms with Crippen LogP contribution in [0.4, 0.5) is 11.4 Å². The normalized spacial score (nSPS) is 10.4. The molecule has 0 spiro atoms. The van der Waals surface area contributed by atoms with Crippen molar-refractivity contribution in [2.75, 3.05) is 5.32 Å². The minimum absolute atomic E-state index is 0.0392. The summed E-state index contributed by atoms with van der Waals surface area (Å²) in [5.74, 6) is -0.791. The van der Waals surface area contributed by atoms with Crippen molar-refractivity contribution < 1.29 is 14.8 Å². The Morgan fingerprint density at radius 1 is 1.24 bits per heavy atom. The summed E-state index contributed by atoms with van der Waals surface area (Å²) in [6, 6.07) is 11.1. The molecule has 0 aliphatic carbocycles. The molecule has 25 heavy (non-hydrogen) atoms. The fourth-order valence-electron chi connectivity index (χ4n) is 1.90. The molecule has 2 aromatic carbocycles. The van der Waals surface area contributed by atoms with Crippen molar-refractivity contribution in [2.24, 2.45) is 0 Å². The van der Waals surface area contributed by atoms with Crippen LogP contribution in [0.5, 0.6) is 5.75 Å². The maximum atomic E-state index is 11.8. The lowest BCUT2D eigenvalue weighted by Crippen LogP contribution is -2.32. The molecule has 1 amide bonds. The van der Waals surface area contributed by atoms with Gasteiger partial charge in [0, 0.05) is 12.1 Å². The van der Waals surface area contributed by atoms with Crippen molar-refractivity contribution in [1.29, 1.82) is 0 Å². The molecule has 0 atom stereocenters. The Labute approximate surface area is 149 Å². The highest BCUT2D eigenvalue weighted by Gasteiger charge is 2.11. The number of rotatable bonds is 4. The maximum Gasteiger partial charge on any atom is 0.273 e. The van der Waals surface area contributed by atoms with E-state index < -0.39 is 10.8 Å². The highest BCUT2D eigenvalue weighted by molar-refractivity contribution is 7.80. The molecule has 128 valence electrons. The number of thiocarbonyl (C=S) groups is 1. The summed E-state index contributed by atoms with van der Waals surface area (Å²) in [5, 5.41) is 25.4. The smallest absolute Gasteiger partial charge is 0.273 e. The summed E-state index contributed by atoms with van der Waals surface area (Å²) in [4.78, 5) is 21.8. The van der Waals surface area contributed by atoms with Gasteiger partial charge >= 0.3 is 0 Å². The van der Waals surface area contributed by atoms with Gasteiger partial charge in [0.2, 0.25) is 5.91 Å². The van der Waals surface area contributed by atoms with E-state index in [1.165, 1.54) is 18.2 Å². The van der Waals surface area contributed by atoms with Crippen LogP contribution in [0, 0.1) is 17.0 Å². The number of aryl methyl sites for hydroxylation is 1. The fraction of sp³-hybridized carbons (Fsp3) is 0.0588. The molecular weight excluding hydrogens is 342 g/mol. The topological polar surface area (TPSA) is 104 Å². The molecule has 8 heteroatoms. The van der Waals surface area contributed by atoms with Crippen LogP contribution in [0.1, 0.15) is 11.1 Å². The number of phenols is 1. The number of nitrogens with one attached hydrogen (secondary N) is 2. The predicted molar refractivity (Wildman–Crippen MR) is 99.3 cm³/mol. The third-order valence-corrected chi connectivity index (χ3v) is 3.39. The number of nitro groups is 1. The number of carbonyl (C=O) groups excluding carboxylic acids is 1. The Bertz CT molecular complexity index is 847. The zero-order valence-corrected chi connectivity index (χ0v) is 14.0. The molecule has 7 nitrogen and oxygen atoms in total. The minimum Gasteiger partial charge on any atom is -0.506 e. The number of phenolic OH excluding ortho intramolecular Hbond substituents is 1. The summed E-state index contributed by atoms with van der Waals surface area (Å²) in [7, 11) is 0. The van der Waals surface area contributed by atoms with Gasteiger partial charge < -0.3 is 10.4 Å². The third-order valence-electron chi connectivity index (χ3n) is 3.18. The first-order valence-electron chi connectivity index (χ1n) is 7.19. The second kappa shape index (κ2) is 8.02. The Morgan fingerprint density at radius 3 is 2.52 bits per heavy atom. The standard InChI is InChI=1S/C17H15N3O4S/c1-11-2-4-12(5-3-11)6-9-16(22)19-17(25)18-14-8-7-13(20(23)24)10-15(14)21/h2-10,21H,1H3,(H2,18,19,22,25). The molecule has 0 radical (unpaired) electrons. The zero-order chi connectivity index (χ0) is 18.4.